The summed E-state index contributed by atoms with van der Waals surface area (Å²) >= 11 is 12.0. The maximum absolute atomic E-state index is 12.4. The Morgan fingerprint density at radius 3 is 2.35 bits per heavy atom. The largest absolute Gasteiger partial charge is 0.510 e. The molecule has 2 N–H and O–H groups in total. The summed E-state index contributed by atoms with van der Waals surface area (Å²) in [5.74, 6) is 0.470. The molecule has 0 saturated heterocycles. The van der Waals surface area contributed by atoms with Gasteiger partial charge in [-0.05, 0) is 36.2 Å². The lowest BCUT2D eigenvalue weighted by molar-refractivity contribution is -0.125. The van der Waals surface area contributed by atoms with E-state index < -0.39 is 0 Å². The lowest BCUT2D eigenvalue weighted by Gasteiger charge is -2.26. The van der Waals surface area contributed by atoms with Gasteiger partial charge in [-0.15, -0.1) is 0 Å². The van der Waals surface area contributed by atoms with E-state index >= 15 is 0 Å². The number of carbonyl (C=O) groups is 1. The average molecular weight is 498 g/mol. The summed E-state index contributed by atoms with van der Waals surface area (Å²) in [5.41, 5.74) is 2.76. The van der Waals surface area contributed by atoms with Gasteiger partial charge in [-0.1, -0.05) is 54.0 Å². The van der Waals surface area contributed by atoms with Gasteiger partial charge in [0.2, 0.25) is 0 Å². The highest BCUT2D eigenvalue weighted by Gasteiger charge is 2.38. The second kappa shape index (κ2) is 11.6. The summed E-state index contributed by atoms with van der Waals surface area (Å²) in [6, 6.07) is 16.5. The number of rotatable bonds is 7. The van der Waals surface area contributed by atoms with Gasteiger partial charge in [0.1, 0.15) is 11.6 Å². The second-order valence-electron chi connectivity index (χ2n) is 7.67. The standard InChI is InChI=1S/C23H22Cl2N4O2.C2H3N/c1-15(26-11-10-16-2-6-18(24)7-3-16)29-14-21(28-13-20(30)12-22(28)31)23(27-29)17-4-8-19(25)9-5-17;1-2-3/h2-9,12,21,26,30H,1,10-11,13-14H2;1H3. The highest BCUT2D eigenvalue weighted by Crippen LogP contribution is 2.25. The van der Waals surface area contributed by atoms with E-state index in [1.54, 1.807) is 28.1 Å². The van der Waals surface area contributed by atoms with Gasteiger partial charge in [0, 0.05) is 35.2 Å². The molecule has 9 heteroatoms. The van der Waals surface area contributed by atoms with Crippen molar-refractivity contribution in [2.45, 2.75) is 19.4 Å². The Morgan fingerprint density at radius 2 is 1.79 bits per heavy atom. The molecule has 0 spiro atoms. The maximum Gasteiger partial charge on any atom is 0.251 e. The van der Waals surface area contributed by atoms with Crippen molar-refractivity contribution in [1.29, 1.82) is 5.26 Å². The van der Waals surface area contributed by atoms with Crippen molar-refractivity contribution in [3.8, 4) is 6.07 Å². The number of nitrogens with zero attached hydrogens (tertiary/aromatic N) is 4. The molecule has 7 nitrogen and oxygen atoms in total. The summed E-state index contributed by atoms with van der Waals surface area (Å²) in [6.07, 6.45) is 2.06. The Balaban J connectivity index is 0.00000103. The van der Waals surface area contributed by atoms with Crippen LogP contribution >= 0.6 is 23.2 Å². The van der Waals surface area contributed by atoms with Crippen molar-refractivity contribution in [3.05, 3.63) is 93.9 Å². The van der Waals surface area contributed by atoms with Crippen LogP contribution in [0.25, 0.3) is 0 Å². The van der Waals surface area contributed by atoms with Crippen molar-refractivity contribution in [2.24, 2.45) is 5.10 Å². The molecule has 34 heavy (non-hydrogen) atoms. The number of amides is 1. The third-order valence-corrected chi connectivity index (χ3v) is 5.78. The summed E-state index contributed by atoms with van der Waals surface area (Å²) in [4.78, 5) is 14.0. The number of nitrogens with one attached hydrogen (secondary N) is 1. The van der Waals surface area contributed by atoms with Crippen molar-refractivity contribution in [1.82, 2.24) is 15.2 Å². The van der Waals surface area contributed by atoms with Crippen LogP contribution in [0.3, 0.4) is 0 Å². The van der Waals surface area contributed by atoms with Gasteiger partial charge in [-0.2, -0.15) is 10.4 Å². The van der Waals surface area contributed by atoms with Crippen LogP contribution in [0.15, 0.2) is 77.9 Å². The molecule has 2 aromatic carbocycles. The molecule has 0 bridgehead atoms. The van der Waals surface area contributed by atoms with E-state index in [9.17, 15) is 9.90 Å². The van der Waals surface area contributed by atoms with E-state index in [0.29, 0.717) is 29.0 Å². The molecule has 4 rings (SSSR count). The quantitative estimate of drug-likeness (QED) is 0.587. The Bertz CT molecular complexity index is 1140. The zero-order chi connectivity index (χ0) is 24.7. The molecule has 0 saturated carbocycles. The molecular weight excluding hydrogens is 473 g/mol. The molecule has 0 aromatic heterocycles. The lowest BCUT2D eigenvalue weighted by atomic mass is 10.0. The highest BCUT2D eigenvalue weighted by molar-refractivity contribution is 6.31. The normalized spacial score (nSPS) is 16.9. The number of halogens is 2. The lowest BCUT2D eigenvalue weighted by Crippen LogP contribution is -2.45. The predicted molar refractivity (Wildman–Crippen MR) is 134 cm³/mol. The van der Waals surface area contributed by atoms with Crippen molar-refractivity contribution < 1.29 is 9.90 Å². The summed E-state index contributed by atoms with van der Waals surface area (Å²) in [5, 5.41) is 28.3. The van der Waals surface area contributed by atoms with Crippen molar-refractivity contribution >= 4 is 34.8 Å². The zero-order valence-corrected chi connectivity index (χ0v) is 20.2. The van der Waals surface area contributed by atoms with E-state index in [1.165, 1.54) is 18.6 Å². The first-order chi connectivity index (χ1) is 16.3. The van der Waals surface area contributed by atoms with Crippen LogP contribution in [0.4, 0.5) is 0 Å². The number of aliphatic hydroxyl groups is 1. The highest BCUT2D eigenvalue weighted by atomic mass is 35.5. The van der Waals surface area contributed by atoms with Gasteiger partial charge in [0.05, 0.1) is 30.9 Å². The molecule has 2 heterocycles. The second-order valence-corrected chi connectivity index (χ2v) is 8.54. The van der Waals surface area contributed by atoms with Gasteiger partial charge in [-0.3, -0.25) is 4.79 Å². The third kappa shape index (κ3) is 6.31. The van der Waals surface area contributed by atoms with E-state index in [0.717, 1.165) is 17.7 Å². The number of hydrogen-bond donors (Lipinski definition) is 2. The van der Waals surface area contributed by atoms with Crippen molar-refractivity contribution in [2.75, 3.05) is 19.6 Å². The van der Waals surface area contributed by atoms with Crippen LogP contribution < -0.4 is 5.32 Å². The fraction of sp³-hybridized carbons (Fsp3) is 0.240. The van der Waals surface area contributed by atoms with Gasteiger partial charge >= 0.3 is 0 Å². The number of hydrazone groups is 1. The maximum atomic E-state index is 12.4. The molecule has 0 aliphatic carbocycles. The van der Waals surface area contributed by atoms with Gasteiger partial charge in [0.25, 0.3) is 5.91 Å². The first kappa shape index (κ1) is 25.2. The van der Waals surface area contributed by atoms with Crippen LogP contribution in [0.1, 0.15) is 18.1 Å². The molecule has 1 unspecified atom stereocenters. The van der Waals surface area contributed by atoms with Crippen molar-refractivity contribution in [3.63, 3.8) is 0 Å². The summed E-state index contributed by atoms with van der Waals surface area (Å²) in [7, 11) is 0. The number of aliphatic hydroxyl groups excluding tert-OH is 1. The average Bonchev–Trinajstić information content (AvgIpc) is 3.39. The zero-order valence-electron chi connectivity index (χ0n) is 18.7. The monoisotopic (exact) mass is 497 g/mol. The number of hydrogen-bond acceptors (Lipinski definition) is 6. The smallest absolute Gasteiger partial charge is 0.251 e. The first-order valence-electron chi connectivity index (χ1n) is 10.6. The third-order valence-electron chi connectivity index (χ3n) is 5.28. The van der Waals surface area contributed by atoms with E-state index in [-0.39, 0.29) is 24.3 Å². The summed E-state index contributed by atoms with van der Waals surface area (Å²) < 4.78 is 0. The van der Waals surface area contributed by atoms with Crippen LogP contribution in [0.5, 0.6) is 0 Å². The molecule has 2 aliphatic rings. The van der Waals surface area contributed by atoms with Gasteiger partial charge in [0.15, 0.2) is 0 Å². The molecule has 0 radical (unpaired) electrons. The Labute approximate surface area is 209 Å². The van der Waals surface area contributed by atoms with Crippen LogP contribution in [-0.2, 0) is 11.2 Å². The molecule has 0 fully saturated rings. The molecule has 176 valence electrons. The Morgan fingerprint density at radius 1 is 1.21 bits per heavy atom. The van der Waals surface area contributed by atoms with E-state index in [1.807, 2.05) is 36.4 Å². The number of nitriles is 1. The molecule has 2 aromatic rings. The minimum atomic E-state index is -0.315. The molecule has 1 amide bonds. The Hall–Kier alpha value is -3.47. The topological polar surface area (TPSA) is 92.0 Å². The van der Waals surface area contributed by atoms with Crippen LogP contribution in [0.2, 0.25) is 10.0 Å². The molecule has 2 aliphatic heterocycles. The fourth-order valence-corrected chi connectivity index (χ4v) is 3.91. The minimum Gasteiger partial charge on any atom is -0.510 e. The minimum absolute atomic E-state index is 0.0545. The van der Waals surface area contributed by atoms with Crippen LogP contribution in [0, 0.1) is 11.3 Å². The number of carbonyl (C=O) groups excluding carboxylic acids is 1. The summed E-state index contributed by atoms with van der Waals surface area (Å²) in [6.45, 7) is 6.84. The number of benzene rings is 2. The van der Waals surface area contributed by atoms with Gasteiger partial charge in [-0.25, -0.2) is 5.01 Å². The van der Waals surface area contributed by atoms with E-state index in [2.05, 4.69) is 11.9 Å². The first-order valence-corrected chi connectivity index (χ1v) is 11.4. The fourth-order valence-electron chi connectivity index (χ4n) is 3.66. The van der Waals surface area contributed by atoms with Crippen LogP contribution in [-0.4, -0.2) is 52.3 Å². The SMILES string of the molecule is C=C(NCCc1ccc(Cl)cc1)N1CC(N2CC(O)=CC2=O)C(c2ccc(Cl)cc2)=N1.CC#N. The molecular formula is C25H25Cl2N5O2. The Kier molecular flexibility index (Phi) is 8.58. The molecule has 1 atom stereocenters. The van der Waals surface area contributed by atoms with E-state index in [4.69, 9.17) is 33.6 Å². The predicted octanol–water partition coefficient (Wildman–Crippen LogP) is 4.50. The van der Waals surface area contributed by atoms with Gasteiger partial charge < -0.3 is 15.3 Å².